The van der Waals surface area contributed by atoms with Crippen molar-refractivity contribution >= 4 is 16.9 Å². The van der Waals surface area contributed by atoms with Gasteiger partial charge in [-0.05, 0) is 43.2 Å². The molecule has 0 radical (unpaired) electrons. The SMILES string of the molecule is Cc1ccc(C)c(Cc2nc(CO)nn2-c2ccc(S(=O)NC(=O)[C@@H]3CC(ON)CN3)cc2F)c1. The number of nitrogens with one attached hydrogen (secondary N) is 2. The fourth-order valence-corrected chi connectivity index (χ4v) is 4.77. The molecule has 2 unspecified atom stereocenters. The molecule has 3 atom stereocenters. The number of hydrogen-bond donors (Lipinski definition) is 4. The van der Waals surface area contributed by atoms with Crippen molar-refractivity contribution < 1.29 is 23.3 Å². The van der Waals surface area contributed by atoms with Crippen molar-refractivity contribution in [3.05, 3.63) is 70.6 Å². The second-order valence-electron chi connectivity index (χ2n) is 8.42. The summed E-state index contributed by atoms with van der Waals surface area (Å²) >= 11 is 0. The third-order valence-corrected chi connectivity index (χ3v) is 6.94. The molecule has 1 aromatic heterocycles. The largest absolute Gasteiger partial charge is 0.388 e. The number of aliphatic hydroxyl groups is 1. The third kappa shape index (κ3) is 5.63. The van der Waals surface area contributed by atoms with Crippen molar-refractivity contribution in [2.45, 2.75) is 50.3 Å². The average Bonchev–Trinajstić information content (AvgIpc) is 3.48. The zero-order chi connectivity index (χ0) is 25.1. The van der Waals surface area contributed by atoms with Crippen molar-refractivity contribution in [3.63, 3.8) is 0 Å². The Bertz CT molecular complexity index is 1270. The van der Waals surface area contributed by atoms with Crippen LogP contribution in [0.3, 0.4) is 0 Å². The number of benzene rings is 2. The van der Waals surface area contributed by atoms with Crippen LogP contribution in [0, 0.1) is 19.7 Å². The number of nitrogens with two attached hydrogens (primary N) is 1. The minimum absolute atomic E-state index is 0.0859. The molecule has 186 valence electrons. The highest BCUT2D eigenvalue weighted by atomic mass is 32.2. The van der Waals surface area contributed by atoms with Crippen LogP contribution in [0.2, 0.25) is 0 Å². The first-order chi connectivity index (χ1) is 16.8. The van der Waals surface area contributed by atoms with Crippen LogP contribution < -0.4 is 15.9 Å². The van der Waals surface area contributed by atoms with E-state index >= 15 is 4.39 Å². The lowest BCUT2D eigenvalue weighted by Gasteiger charge is -2.12. The summed E-state index contributed by atoms with van der Waals surface area (Å²) in [7, 11) is -1.97. The summed E-state index contributed by atoms with van der Waals surface area (Å²) in [6, 6.07) is 9.39. The number of hydrogen-bond acceptors (Lipinski definition) is 8. The Morgan fingerprint density at radius 3 is 2.83 bits per heavy atom. The van der Waals surface area contributed by atoms with Crippen LogP contribution in [-0.2, 0) is 33.6 Å². The molecule has 1 amide bonds. The molecule has 0 bridgehead atoms. The van der Waals surface area contributed by atoms with Gasteiger partial charge in [0.15, 0.2) is 16.8 Å². The lowest BCUT2D eigenvalue weighted by molar-refractivity contribution is -0.121. The number of amides is 1. The first-order valence-corrected chi connectivity index (χ1v) is 12.2. The van der Waals surface area contributed by atoms with Gasteiger partial charge in [0.05, 0.1) is 17.0 Å². The highest BCUT2D eigenvalue weighted by molar-refractivity contribution is 7.83. The highest BCUT2D eigenvalue weighted by Gasteiger charge is 2.30. The maximum atomic E-state index is 15.2. The molecule has 5 N–H and O–H groups in total. The lowest BCUT2D eigenvalue weighted by Crippen LogP contribution is -2.41. The van der Waals surface area contributed by atoms with Crippen LogP contribution in [0.15, 0.2) is 41.3 Å². The number of aryl methyl sites for hydroxylation is 2. The Balaban J connectivity index is 1.55. The minimum Gasteiger partial charge on any atom is -0.388 e. The number of halogens is 1. The third-order valence-electron chi connectivity index (χ3n) is 5.87. The number of carbonyl (C=O) groups is 1. The van der Waals surface area contributed by atoms with E-state index < -0.39 is 35.4 Å². The molecule has 0 spiro atoms. The number of rotatable bonds is 8. The maximum Gasteiger partial charge on any atom is 0.249 e. The molecule has 2 heterocycles. The van der Waals surface area contributed by atoms with Gasteiger partial charge >= 0.3 is 0 Å². The van der Waals surface area contributed by atoms with Gasteiger partial charge in [0, 0.05) is 19.4 Å². The summed E-state index contributed by atoms with van der Waals surface area (Å²) < 4.78 is 31.5. The molecule has 3 aromatic rings. The fourth-order valence-electron chi connectivity index (χ4n) is 3.93. The molecular formula is C23H27FN6O4S. The van der Waals surface area contributed by atoms with E-state index in [0.717, 1.165) is 22.8 Å². The smallest absolute Gasteiger partial charge is 0.249 e. The summed E-state index contributed by atoms with van der Waals surface area (Å²) in [5.41, 5.74) is 3.23. The summed E-state index contributed by atoms with van der Waals surface area (Å²) in [4.78, 5) is 21.5. The van der Waals surface area contributed by atoms with Gasteiger partial charge in [-0.15, -0.1) is 5.10 Å². The molecule has 0 aliphatic carbocycles. The molecule has 1 aliphatic rings. The molecule has 2 aromatic carbocycles. The molecule has 10 nitrogen and oxygen atoms in total. The van der Waals surface area contributed by atoms with Crippen LogP contribution in [0.5, 0.6) is 0 Å². The van der Waals surface area contributed by atoms with E-state index in [1.807, 2.05) is 32.0 Å². The van der Waals surface area contributed by atoms with Gasteiger partial charge in [-0.1, -0.05) is 23.8 Å². The second-order valence-corrected chi connectivity index (χ2v) is 9.64. The number of aromatic nitrogens is 3. The summed E-state index contributed by atoms with van der Waals surface area (Å²) in [6.07, 6.45) is 0.418. The van der Waals surface area contributed by atoms with Gasteiger partial charge in [0.1, 0.15) is 23.9 Å². The van der Waals surface area contributed by atoms with Gasteiger partial charge in [0.25, 0.3) is 0 Å². The predicted octanol–water partition coefficient (Wildman–Crippen LogP) is 0.866. The van der Waals surface area contributed by atoms with Gasteiger partial charge in [-0.25, -0.2) is 24.2 Å². The van der Waals surface area contributed by atoms with Crippen molar-refractivity contribution in [1.82, 2.24) is 24.8 Å². The Labute approximate surface area is 204 Å². The van der Waals surface area contributed by atoms with E-state index in [0.29, 0.717) is 25.2 Å². The lowest BCUT2D eigenvalue weighted by atomic mass is 10.0. The molecule has 0 saturated carbocycles. The van der Waals surface area contributed by atoms with Crippen molar-refractivity contribution in [1.29, 1.82) is 0 Å². The Morgan fingerprint density at radius 1 is 1.34 bits per heavy atom. The number of aliphatic hydroxyl groups excluding tert-OH is 1. The first-order valence-electron chi connectivity index (χ1n) is 11.0. The number of nitrogens with zero attached hydrogens (tertiary/aromatic N) is 3. The first kappa shape index (κ1) is 25.1. The van der Waals surface area contributed by atoms with Gasteiger partial charge in [0.2, 0.25) is 5.91 Å². The monoisotopic (exact) mass is 502 g/mol. The molecule has 4 rings (SSSR count). The van der Waals surface area contributed by atoms with E-state index in [1.54, 1.807) is 0 Å². The molecule has 1 fully saturated rings. The van der Waals surface area contributed by atoms with Crippen molar-refractivity contribution in [2.75, 3.05) is 6.54 Å². The standard InChI is InChI=1S/C23H27FN6O4S/c1-13-3-4-14(2)15(7-13)8-22-27-21(12-31)28-30(22)20-6-5-17(10-18(20)24)35(33)29-23(32)19-9-16(34-25)11-26-19/h3-7,10,16,19,26,31H,8-9,11-12,25H2,1-2H3,(H,29,32)/t16?,19-,35?/m0/s1. The number of carbonyl (C=O) groups excluding carboxylic acids is 1. The Morgan fingerprint density at radius 2 is 2.14 bits per heavy atom. The maximum absolute atomic E-state index is 15.2. The molecule has 1 aliphatic heterocycles. The van der Waals surface area contributed by atoms with Crippen LogP contribution in [0.1, 0.15) is 34.8 Å². The van der Waals surface area contributed by atoms with E-state index in [4.69, 9.17) is 10.7 Å². The fraction of sp³-hybridized carbons (Fsp3) is 0.348. The van der Waals surface area contributed by atoms with E-state index in [2.05, 4.69) is 20.1 Å². The van der Waals surface area contributed by atoms with Crippen LogP contribution in [-0.4, -0.2) is 48.7 Å². The summed E-state index contributed by atoms with van der Waals surface area (Å²) in [5, 5.41) is 16.7. The van der Waals surface area contributed by atoms with E-state index in [9.17, 15) is 14.1 Å². The van der Waals surface area contributed by atoms with E-state index in [-0.39, 0.29) is 22.5 Å². The molecule has 35 heavy (non-hydrogen) atoms. The summed E-state index contributed by atoms with van der Waals surface area (Å²) in [5.74, 6) is 4.57. The van der Waals surface area contributed by atoms with Gasteiger partial charge in [-0.2, -0.15) is 0 Å². The molecular weight excluding hydrogens is 475 g/mol. The van der Waals surface area contributed by atoms with Gasteiger partial charge < -0.3 is 10.4 Å². The normalized spacial score (nSPS) is 18.5. The Kier molecular flexibility index (Phi) is 7.67. The Hall–Kier alpha value is -3.03. The van der Waals surface area contributed by atoms with Crippen LogP contribution in [0.4, 0.5) is 4.39 Å². The zero-order valence-electron chi connectivity index (χ0n) is 19.3. The highest BCUT2D eigenvalue weighted by Crippen LogP contribution is 2.21. The van der Waals surface area contributed by atoms with Crippen molar-refractivity contribution in [2.24, 2.45) is 5.90 Å². The zero-order valence-corrected chi connectivity index (χ0v) is 20.1. The quantitative estimate of drug-likeness (QED) is 0.332. The second kappa shape index (κ2) is 10.7. The van der Waals surface area contributed by atoms with Crippen molar-refractivity contribution in [3.8, 4) is 5.69 Å². The topological polar surface area (TPSA) is 144 Å². The van der Waals surface area contributed by atoms with Gasteiger partial charge in [-0.3, -0.25) is 14.4 Å². The van der Waals surface area contributed by atoms with Crippen LogP contribution >= 0.6 is 0 Å². The summed E-state index contributed by atoms with van der Waals surface area (Å²) in [6.45, 7) is 3.97. The molecule has 1 saturated heterocycles. The average molecular weight is 503 g/mol. The van der Waals surface area contributed by atoms with E-state index in [1.165, 1.54) is 16.8 Å². The van der Waals surface area contributed by atoms with Crippen LogP contribution in [0.25, 0.3) is 5.69 Å². The molecule has 12 heteroatoms. The predicted molar refractivity (Wildman–Crippen MR) is 126 cm³/mol. The minimum atomic E-state index is -1.97.